The molecule has 0 heterocycles. The summed E-state index contributed by atoms with van der Waals surface area (Å²) in [6, 6.07) is 3.45. The van der Waals surface area contributed by atoms with E-state index in [2.05, 4.69) is 41.5 Å². The van der Waals surface area contributed by atoms with Gasteiger partial charge in [-0.25, -0.2) is 0 Å². The van der Waals surface area contributed by atoms with Gasteiger partial charge >= 0.3 is 11.9 Å². The second-order valence-corrected chi connectivity index (χ2v) is 9.25. The molecule has 1 N–H and O–H groups in total. The predicted molar refractivity (Wildman–Crippen MR) is 100 cm³/mol. The van der Waals surface area contributed by atoms with Crippen LogP contribution in [0.4, 0.5) is 0 Å². The third-order valence-electron chi connectivity index (χ3n) is 3.51. The van der Waals surface area contributed by atoms with Crippen molar-refractivity contribution in [2.45, 2.75) is 67.2 Å². The van der Waals surface area contributed by atoms with Crippen LogP contribution in [-0.2, 0) is 22.4 Å². The Labute approximate surface area is 155 Å². The lowest BCUT2D eigenvalue weighted by atomic mass is 9.81. The van der Waals surface area contributed by atoms with Gasteiger partial charge in [-0.2, -0.15) is 0 Å². The van der Waals surface area contributed by atoms with Crippen molar-refractivity contribution in [1.82, 2.24) is 0 Å². The number of carbonyl (C=O) groups excluding carboxylic acids is 1. The third-order valence-corrected chi connectivity index (χ3v) is 3.87. The quantitative estimate of drug-likeness (QED) is 0.547. The number of aliphatic carboxylic acids is 1. The Morgan fingerprint density at radius 3 is 1.96 bits per heavy atom. The summed E-state index contributed by atoms with van der Waals surface area (Å²) >= 11 is 6.46. The number of hydrogen-bond donors (Lipinski definition) is 1. The maximum atomic E-state index is 12.0. The van der Waals surface area contributed by atoms with Gasteiger partial charge in [0.2, 0.25) is 0 Å². The smallest absolute Gasteiger partial charge is 0.311 e. The summed E-state index contributed by atoms with van der Waals surface area (Å²) < 4.78 is 5.49. The number of carboxylic acid groups (broad SMARTS) is 1. The fourth-order valence-corrected chi connectivity index (χ4v) is 2.81. The first-order chi connectivity index (χ1) is 11.3. The molecule has 25 heavy (non-hydrogen) atoms. The minimum atomic E-state index is -1.02. The van der Waals surface area contributed by atoms with Gasteiger partial charge in [0, 0.05) is 10.6 Å². The van der Waals surface area contributed by atoms with Crippen LogP contribution in [0.2, 0.25) is 5.02 Å². The van der Waals surface area contributed by atoms with Crippen molar-refractivity contribution in [1.29, 1.82) is 0 Å². The van der Waals surface area contributed by atoms with Crippen LogP contribution in [0.25, 0.3) is 0 Å². The second-order valence-electron chi connectivity index (χ2n) is 8.85. The van der Waals surface area contributed by atoms with E-state index < -0.39 is 11.9 Å². The molecule has 0 unspecified atom stereocenters. The number of carboxylic acids is 1. The molecular weight excluding hydrogens is 340 g/mol. The minimum Gasteiger partial charge on any atom is -0.481 e. The van der Waals surface area contributed by atoms with Crippen molar-refractivity contribution in [3.63, 3.8) is 0 Å². The van der Waals surface area contributed by atoms with Crippen molar-refractivity contribution in [2.24, 2.45) is 10.8 Å². The van der Waals surface area contributed by atoms with E-state index in [-0.39, 0.29) is 23.7 Å². The molecule has 140 valence electrons. The van der Waals surface area contributed by atoms with Gasteiger partial charge in [-0.3, -0.25) is 9.59 Å². The van der Waals surface area contributed by atoms with E-state index in [1.165, 1.54) is 0 Å². The van der Waals surface area contributed by atoms with Crippen LogP contribution in [0.15, 0.2) is 12.1 Å². The lowest BCUT2D eigenvalue weighted by Gasteiger charge is -2.27. The molecule has 0 radical (unpaired) electrons. The third kappa shape index (κ3) is 7.91. The summed E-state index contributed by atoms with van der Waals surface area (Å²) in [5.74, 6) is -1.08. The largest absolute Gasteiger partial charge is 0.481 e. The van der Waals surface area contributed by atoms with Gasteiger partial charge in [-0.05, 0) is 41.4 Å². The van der Waals surface area contributed by atoms with E-state index in [0.29, 0.717) is 17.2 Å². The molecule has 1 aromatic rings. The number of benzene rings is 1. The molecule has 0 saturated carbocycles. The summed E-state index contributed by atoms with van der Waals surface area (Å²) in [6.45, 7) is 12.8. The molecule has 0 aliphatic heterocycles. The highest BCUT2D eigenvalue weighted by atomic mass is 35.5. The fourth-order valence-electron chi connectivity index (χ4n) is 2.57. The van der Waals surface area contributed by atoms with Crippen molar-refractivity contribution in [3.8, 4) is 5.75 Å². The molecule has 0 aliphatic rings. The second kappa shape index (κ2) is 8.22. The number of rotatable bonds is 6. The first-order valence-electron chi connectivity index (χ1n) is 8.51. The molecule has 0 saturated heterocycles. The molecule has 4 nitrogen and oxygen atoms in total. The van der Waals surface area contributed by atoms with Crippen LogP contribution in [0, 0.1) is 10.8 Å². The zero-order valence-electron chi connectivity index (χ0n) is 16.0. The molecule has 5 heteroatoms. The first-order valence-corrected chi connectivity index (χ1v) is 8.89. The maximum absolute atomic E-state index is 12.0. The van der Waals surface area contributed by atoms with Crippen LogP contribution in [0.5, 0.6) is 5.75 Å². The molecule has 0 fully saturated rings. The van der Waals surface area contributed by atoms with Gasteiger partial charge in [0.05, 0.1) is 12.8 Å². The highest BCUT2D eigenvalue weighted by molar-refractivity contribution is 6.31. The van der Waals surface area contributed by atoms with Gasteiger partial charge in [-0.1, -0.05) is 53.1 Å². The molecule has 0 aromatic heterocycles. The van der Waals surface area contributed by atoms with Crippen LogP contribution in [0.1, 0.15) is 65.5 Å². The monoisotopic (exact) mass is 368 g/mol. The van der Waals surface area contributed by atoms with Crippen molar-refractivity contribution < 1.29 is 19.4 Å². The zero-order chi connectivity index (χ0) is 19.4. The van der Waals surface area contributed by atoms with E-state index in [4.69, 9.17) is 21.4 Å². The topological polar surface area (TPSA) is 63.6 Å². The number of carbonyl (C=O) groups is 2. The Morgan fingerprint density at radius 1 is 0.960 bits per heavy atom. The van der Waals surface area contributed by atoms with E-state index in [1.54, 1.807) is 12.1 Å². The average Bonchev–Trinajstić information content (AvgIpc) is 2.41. The fraction of sp³-hybridized carbons (Fsp3) is 0.600. The van der Waals surface area contributed by atoms with Gasteiger partial charge in [0.15, 0.2) is 0 Å². The van der Waals surface area contributed by atoms with Crippen LogP contribution < -0.4 is 4.74 Å². The highest BCUT2D eigenvalue weighted by Gasteiger charge is 2.24. The van der Waals surface area contributed by atoms with Crippen LogP contribution in [0.3, 0.4) is 0 Å². The Bertz CT molecular complexity index is 636. The van der Waals surface area contributed by atoms with Gasteiger partial charge in [-0.15, -0.1) is 0 Å². The van der Waals surface area contributed by atoms with Crippen molar-refractivity contribution in [3.05, 3.63) is 28.3 Å². The summed E-state index contributed by atoms with van der Waals surface area (Å²) in [4.78, 5) is 22.6. The Morgan fingerprint density at radius 2 is 1.48 bits per heavy atom. The van der Waals surface area contributed by atoms with E-state index in [0.717, 1.165) is 17.5 Å². The minimum absolute atomic E-state index is 0.0143. The summed E-state index contributed by atoms with van der Waals surface area (Å²) in [7, 11) is 0. The predicted octanol–water partition coefficient (Wildman–Crippen LogP) is 5.29. The SMILES string of the molecule is CC(C)(C)Cc1c(Cl)ccc(OC(=O)CCC(=O)O)c1CC(C)(C)C. The molecule has 0 aliphatic carbocycles. The standard InChI is InChI=1S/C20H29ClO4/c1-19(2,3)11-13-14(12-20(4,5)6)16(8-7-15(13)21)25-18(24)10-9-17(22)23/h7-8H,9-12H2,1-6H3,(H,22,23). The lowest BCUT2D eigenvalue weighted by Crippen LogP contribution is -2.18. The van der Waals surface area contributed by atoms with E-state index >= 15 is 0 Å². The van der Waals surface area contributed by atoms with Crippen molar-refractivity contribution >= 4 is 23.5 Å². The molecule has 1 rings (SSSR count). The van der Waals surface area contributed by atoms with Gasteiger partial charge < -0.3 is 9.84 Å². The Balaban J connectivity index is 3.24. The summed E-state index contributed by atoms with van der Waals surface area (Å²) in [5.41, 5.74) is 1.94. The normalized spacial score (nSPS) is 12.1. The van der Waals surface area contributed by atoms with Crippen LogP contribution >= 0.6 is 11.6 Å². The number of hydrogen-bond acceptors (Lipinski definition) is 3. The molecule has 0 spiro atoms. The molecular formula is C20H29ClO4. The van der Waals surface area contributed by atoms with Gasteiger partial charge in [0.1, 0.15) is 5.75 Å². The lowest BCUT2D eigenvalue weighted by molar-refractivity contribution is -0.142. The highest BCUT2D eigenvalue weighted by Crippen LogP contribution is 2.37. The van der Waals surface area contributed by atoms with Crippen molar-refractivity contribution in [2.75, 3.05) is 0 Å². The number of esters is 1. The molecule has 0 bridgehead atoms. The summed E-state index contributed by atoms with van der Waals surface area (Å²) in [6.07, 6.45) is 1.08. The summed E-state index contributed by atoms with van der Waals surface area (Å²) in [5, 5.41) is 9.38. The zero-order valence-corrected chi connectivity index (χ0v) is 16.8. The number of ether oxygens (including phenoxy) is 1. The number of halogens is 1. The van der Waals surface area contributed by atoms with Gasteiger partial charge in [0.25, 0.3) is 0 Å². The average molecular weight is 369 g/mol. The first kappa shape index (κ1) is 21.5. The van der Waals surface area contributed by atoms with Crippen LogP contribution in [-0.4, -0.2) is 17.0 Å². The molecule has 1 aromatic carbocycles. The Kier molecular flexibility index (Phi) is 7.07. The van der Waals surface area contributed by atoms with E-state index in [9.17, 15) is 9.59 Å². The molecule has 0 amide bonds. The molecule has 0 atom stereocenters. The maximum Gasteiger partial charge on any atom is 0.311 e. The Hall–Kier alpha value is -1.55. The van der Waals surface area contributed by atoms with E-state index in [1.807, 2.05) is 0 Å².